The molecular weight excluding hydrogens is 192 g/mol. The van der Waals surface area contributed by atoms with Crippen molar-refractivity contribution in [3.8, 4) is 0 Å². The van der Waals surface area contributed by atoms with Crippen LogP contribution in [0.3, 0.4) is 0 Å². The second kappa shape index (κ2) is 3.91. The minimum Gasteiger partial charge on any atom is -0.0587 e. The fourth-order valence-electron chi connectivity index (χ4n) is 2.36. The summed E-state index contributed by atoms with van der Waals surface area (Å²) >= 11 is 0. The second-order valence-electron chi connectivity index (χ2n) is 6.53. The van der Waals surface area contributed by atoms with Gasteiger partial charge in [0.25, 0.3) is 0 Å². The summed E-state index contributed by atoms with van der Waals surface area (Å²) in [6.07, 6.45) is 2.79. The van der Waals surface area contributed by atoms with Crippen LogP contribution in [-0.2, 0) is 5.41 Å². The number of hydrogen-bond acceptors (Lipinski definition) is 0. The Kier molecular flexibility index (Phi) is 2.86. The molecule has 1 aromatic carbocycles. The minimum absolute atomic E-state index is 0.285. The standard InChI is InChI=1S/C16H24/c1-11(2)13-8-9-15(16(3,4)5)14(10-13)12-6-7-12/h8-12H,6-7H2,1-5H3. The van der Waals surface area contributed by atoms with Gasteiger partial charge in [0.2, 0.25) is 0 Å². The molecular formula is C16H24. The molecule has 0 heterocycles. The second-order valence-corrected chi connectivity index (χ2v) is 6.53. The average molecular weight is 216 g/mol. The summed E-state index contributed by atoms with van der Waals surface area (Å²) in [7, 11) is 0. The van der Waals surface area contributed by atoms with Crippen molar-refractivity contribution in [3.63, 3.8) is 0 Å². The predicted molar refractivity (Wildman–Crippen MR) is 71.2 cm³/mol. The lowest BCUT2D eigenvalue weighted by molar-refractivity contribution is 0.582. The van der Waals surface area contributed by atoms with Crippen LogP contribution in [0.1, 0.15) is 76.0 Å². The molecule has 0 N–H and O–H groups in total. The molecule has 0 heteroatoms. The van der Waals surface area contributed by atoms with Gasteiger partial charge in [-0.25, -0.2) is 0 Å². The first-order valence-electron chi connectivity index (χ1n) is 6.54. The zero-order chi connectivity index (χ0) is 11.9. The lowest BCUT2D eigenvalue weighted by Gasteiger charge is -2.24. The van der Waals surface area contributed by atoms with E-state index in [2.05, 4.69) is 52.8 Å². The maximum absolute atomic E-state index is 2.46. The van der Waals surface area contributed by atoms with Gasteiger partial charge in [0, 0.05) is 0 Å². The molecule has 0 amide bonds. The maximum atomic E-state index is 2.46. The third kappa shape index (κ3) is 2.31. The lowest BCUT2D eigenvalue weighted by Crippen LogP contribution is -2.14. The molecule has 1 aliphatic rings. The molecule has 0 saturated heterocycles. The maximum Gasteiger partial charge on any atom is -0.0129 e. The van der Waals surface area contributed by atoms with Crippen LogP contribution in [0.25, 0.3) is 0 Å². The third-order valence-corrected chi connectivity index (χ3v) is 3.57. The van der Waals surface area contributed by atoms with Crippen LogP contribution in [-0.4, -0.2) is 0 Å². The van der Waals surface area contributed by atoms with Gasteiger partial charge in [-0.15, -0.1) is 0 Å². The van der Waals surface area contributed by atoms with E-state index in [1.165, 1.54) is 18.4 Å². The normalized spacial score (nSPS) is 16.9. The van der Waals surface area contributed by atoms with Crippen LogP contribution in [0.5, 0.6) is 0 Å². The number of hydrogen-bond donors (Lipinski definition) is 0. The summed E-state index contributed by atoms with van der Waals surface area (Å²) in [6.45, 7) is 11.5. The highest BCUT2D eigenvalue weighted by molar-refractivity contribution is 5.41. The summed E-state index contributed by atoms with van der Waals surface area (Å²) in [6, 6.07) is 7.14. The van der Waals surface area contributed by atoms with Gasteiger partial charge in [-0.2, -0.15) is 0 Å². The fraction of sp³-hybridized carbons (Fsp3) is 0.625. The van der Waals surface area contributed by atoms with Crippen molar-refractivity contribution in [2.75, 3.05) is 0 Å². The summed E-state index contributed by atoms with van der Waals surface area (Å²) in [5.74, 6) is 1.50. The Morgan fingerprint density at radius 1 is 1.12 bits per heavy atom. The molecule has 0 unspecified atom stereocenters. The Balaban J connectivity index is 2.45. The Morgan fingerprint density at radius 3 is 2.19 bits per heavy atom. The van der Waals surface area contributed by atoms with Gasteiger partial charge in [0.1, 0.15) is 0 Å². The molecule has 0 bridgehead atoms. The zero-order valence-electron chi connectivity index (χ0n) is 11.3. The van der Waals surface area contributed by atoms with Crippen LogP contribution in [0.4, 0.5) is 0 Å². The van der Waals surface area contributed by atoms with Crippen molar-refractivity contribution in [3.05, 3.63) is 34.9 Å². The molecule has 0 spiro atoms. The summed E-state index contributed by atoms with van der Waals surface area (Å²) < 4.78 is 0. The molecule has 1 saturated carbocycles. The van der Waals surface area contributed by atoms with E-state index in [0.29, 0.717) is 5.92 Å². The molecule has 0 radical (unpaired) electrons. The highest BCUT2D eigenvalue weighted by Gasteiger charge is 2.29. The fourth-order valence-corrected chi connectivity index (χ4v) is 2.36. The van der Waals surface area contributed by atoms with Crippen LogP contribution < -0.4 is 0 Å². The molecule has 0 nitrogen and oxygen atoms in total. The summed E-state index contributed by atoms with van der Waals surface area (Å²) in [4.78, 5) is 0. The Bertz CT molecular complexity index is 376. The largest absolute Gasteiger partial charge is 0.0587 e. The first-order valence-corrected chi connectivity index (χ1v) is 6.54. The molecule has 0 aromatic heterocycles. The minimum atomic E-state index is 0.285. The van der Waals surface area contributed by atoms with Gasteiger partial charge < -0.3 is 0 Å². The van der Waals surface area contributed by atoms with Gasteiger partial charge in [-0.1, -0.05) is 52.8 Å². The molecule has 0 aliphatic heterocycles. The third-order valence-electron chi connectivity index (χ3n) is 3.57. The highest BCUT2D eigenvalue weighted by atomic mass is 14.3. The smallest absolute Gasteiger partial charge is 0.0129 e. The first kappa shape index (κ1) is 11.7. The molecule has 2 rings (SSSR count). The van der Waals surface area contributed by atoms with E-state index >= 15 is 0 Å². The Morgan fingerprint density at radius 2 is 1.75 bits per heavy atom. The van der Waals surface area contributed by atoms with Crippen LogP contribution in [0, 0.1) is 0 Å². The van der Waals surface area contributed by atoms with E-state index in [1.807, 2.05) is 0 Å². The van der Waals surface area contributed by atoms with Gasteiger partial charge in [0.15, 0.2) is 0 Å². The van der Waals surface area contributed by atoms with Crippen molar-refractivity contribution in [2.24, 2.45) is 0 Å². The topological polar surface area (TPSA) is 0 Å². The van der Waals surface area contributed by atoms with E-state index < -0.39 is 0 Å². The Hall–Kier alpha value is -0.780. The van der Waals surface area contributed by atoms with Crippen LogP contribution in [0.2, 0.25) is 0 Å². The quantitative estimate of drug-likeness (QED) is 0.653. The molecule has 1 fully saturated rings. The lowest BCUT2D eigenvalue weighted by atomic mass is 9.81. The predicted octanol–water partition coefficient (Wildman–Crippen LogP) is 4.98. The van der Waals surface area contributed by atoms with Crippen molar-refractivity contribution in [1.82, 2.24) is 0 Å². The van der Waals surface area contributed by atoms with E-state index in [4.69, 9.17) is 0 Å². The summed E-state index contributed by atoms with van der Waals surface area (Å²) in [5.41, 5.74) is 4.96. The molecule has 1 aromatic rings. The molecule has 0 atom stereocenters. The summed E-state index contributed by atoms with van der Waals surface area (Å²) in [5, 5.41) is 0. The molecule has 16 heavy (non-hydrogen) atoms. The zero-order valence-corrected chi connectivity index (χ0v) is 11.3. The van der Waals surface area contributed by atoms with E-state index in [9.17, 15) is 0 Å². The Labute approximate surface area is 100 Å². The number of benzene rings is 1. The van der Waals surface area contributed by atoms with Crippen molar-refractivity contribution >= 4 is 0 Å². The van der Waals surface area contributed by atoms with Crippen molar-refractivity contribution in [2.45, 2.75) is 64.7 Å². The van der Waals surface area contributed by atoms with Gasteiger partial charge in [-0.3, -0.25) is 0 Å². The van der Waals surface area contributed by atoms with Crippen molar-refractivity contribution < 1.29 is 0 Å². The monoisotopic (exact) mass is 216 g/mol. The molecule has 1 aliphatic carbocycles. The van der Waals surface area contributed by atoms with Crippen molar-refractivity contribution in [1.29, 1.82) is 0 Å². The van der Waals surface area contributed by atoms with E-state index in [-0.39, 0.29) is 5.41 Å². The van der Waals surface area contributed by atoms with Gasteiger partial charge in [-0.05, 0) is 46.8 Å². The molecule has 88 valence electrons. The van der Waals surface area contributed by atoms with Crippen LogP contribution in [0.15, 0.2) is 18.2 Å². The number of rotatable bonds is 2. The highest BCUT2D eigenvalue weighted by Crippen LogP contribution is 2.45. The SMILES string of the molecule is CC(C)c1ccc(C(C)(C)C)c(C2CC2)c1. The average Bonchev–Trinajstić information content (AvgIpc) is 2.98. The van der Waals surface area contributed by atoms with E-state index in [1.54, 1.807) is 11.1 Å². The van der Waals surface area contributed by atoms with E-state index in [0.717, 1.165) is 5.92 Å². The van der Waals surface area contributed by atoms with Crippen LogP contribution >= 0.6 is 0 Å². The van der Waals surface area contributed by atoms with Gasteiger partial charge >= 0.3 is 0 Å². The van der Waals surface area contributed by atoms with Gasteiger partial charge in [0.05, 0.1) is 0 Å². The first-order chi connectivity index (χ1) is 7.39.